The van der Waals surface area contributed by atoms with Crippen molar-refractivity contribution in [1.82, 2.24) is 20.6 Å². The number of allylic oxidation sites excluding steroid dienone is 11. The molecule has 0 saturated carbocycles. The van der Waals surface area contributed by atoms with Crippen LogP contribution in [0.1, 0.15) is 95.0 Å². The number of aliphatic hydroxyl groups is 1. The van der Waals surface area contributed by atoms with E-state index in [9.17, 15) is 9.90 Å². The number of methoxy groups -OCH3 is 2. The number of anilines is 2. The van der Waals surface area contributed by atoms with Crippen LogP contribution in [0.5, 0.6) is 11.5 Å². The predicted octanol–water partition coefficient (Wildman–Crippen LogP) is 12.8. The first-order chi connectivity index (χ1) is 41.3. The molecular weight excluding hydrogens is 1060 g/mol. The lowest BCUT2D eigenvalue weighted by Gasteiger charge is -2.18. The van der Waals surface area contributed by atoms with Gasteiger partial charge in [0, 0.05) is 102 Å². The SMILES string of the molecule is CCC1=C(C)C2=NC1=CC1=C(C)C3=C(O)CC(=C4NC(=CC5=NC(=C2)C(C(C)OCc2cccc(C#Cc6cccc(Nc7ncnc8cc(OCCOC)c(OCCOC)cc78)c6)c2)=C5C)[C@@H](C)[C@@H]4CCC(=O)NCc2ccc(C)cc2)C3=N1. The normalized spacial score (nSPS) is 18.2. The summed E-state index contributed by atoms with van der Waals surface area (Å²) >= 11 is 0. The number of aliphatic hydroxyl groups excluding tert-OH is 1. The van der Waals surface area contributed by atoms with Gasteiger partial charge >= 0.3 is 0 Å². The Morgan fingerprint density at radius 2 is 1.51 bits per heavy atom. The smallest absolute Gasteiger partial charge is 0.220 e. The highest BCUT2D eigenvalue weighted by Gasteiger charge is 2.41. The third kappa shape index (κ3) is 12.5. The fraction of sp³-hybridized carbons (Fsp3) is 0.314. The lowest BCUT2D eigenvalue weighted by molar-refractivity contribution is -0.121. The van der Waals surface area contributed by atoms with Gasteiger partial charge in [0.15, 0.2) is 11.5 Å². The molecule has 5 aliphatic heterocycles. The van der Waals surface area contributed by atoms with Gasteiger partial charge in [0.25, 0.3) is 0 Å². The van der Waals surface area contributed by atoms with Crippen molar-refractivity contribution in [3.63, 3.8) is 0 Å². The lowest BCUT2D eigenvalue weighted by atomic mass is 9.86. The number of hydrogen-bond donors (Lipinski definition) is 4. The number of benzene rings is 4. The van der Waals surface area contributed by atoms with Crippen LogP contribution < -0.4 is 25.4 Å². The van der Waals surface area contributed by atoms with Gasteiger partial charge in [-0.05, 0) is 136 Å². The molecule has 1 fully saturated rings. The van der Waals surface area contributed by atoms with Crippen molar-refractivity contribution >= 4 is 45.5 Å². The van der Waals surface area contributed by atoms with Gasteiger partial charge in [-0.25, -0.2) is 24.9 Å². The average molecular weight is 1140 g/mol. The van der Waals surface area contributed by atoms with Crippen LogP contribution >= 0.6 is 0 Å². The zero-order valence-corrected chi connectivity index (χ0v) is 49.8. The Morgan fingerprint density at radius 3 is 2.26 bits per heavy atom. The van der Waals surface area contributed by atoms with Gasteiger partial charge in [0.1, 0.15) is 31.1 Å². The van der Waals surface area contributed by atoms with Gasteiger partial charge in [-0.1, -0.05) is 73.7 Å². The summed E-state index contributed by atoms with van der Waals surface area (Å²) in [6.07, 6.45) is 9.57. The maximum absolute atomic E-state index is 13.5. The number of nitrogens with one attached hydrogen (secondary N) is 3. The Morgan fingerprint density at radius 1 is 0.788 bits per heavy atom. The molecule has 1 amide bonds. The minimum atomic E-state index is -0.356. The number of hydrogen-bond acceptors (Lipinski definition) is 14. The molecule has 1 aromatic heterocycles. The maximum atomic E-state index is 13.5. The molecule has 434 valence electrons. The van der Waals surface area contributed by atoms with Gasteiger partial charge in [0.05, 0.1) is 65.7 Å². The first-order valence-electron chi connectivity index (χ1n) is 29.2. The summed E-state index contributed by atoms with van der Waals surface area (Å²) in [5.41, 5.74) is 20.2. The fourth-order valence-corrected chi connectivity index (χ4v) is 11.8. The Kier molecular flexibility index (Phi) is 17.4. The molecule has 15 heteroatoms. The number of aryl methyl sites for hydroxylation is 1. The maximum Gasteiger partial charge on any atom is 0.220 e. The number of ether oxygens (including phenoxy) is 5. The number of rotatable bonds is 20. The van der Waals surface area contributed by atoms with Crippen LogP contribution in [0.15, 0.2) is 198 Å². The summed E-state index contributed by atoms with van der Waals surface area (Å²) < 4.78 is 29.3. The van der Waals surface area contributed by atoms with Crippen LogP contribution in [0.3, 0.4) is 0 Å². The van der Waals surface area contributed by atoms with Crippen LogP contribution in [0.4, 0.5) is 11.5 Å². The molecule has 4 N–H and O–H groups in total. The highest BCUT2D eigenvalue weighted by molar-refractivity contribution is 6.21. The number of nitrogens with zero attached hydrogens (tertiary/aromatic N) is 5. The minimum absolute atomic E-state index is 0.00505. The second-order valence-electron chi connectivity index (χ2n) is 22.2. The molecule has 15 nitrogen and oxygen atoms in total. The second-order valence-corrected chi connectivity index (χ2v) is 22.2. The van der Waals surface area contributed by atoms with Crippen molar-refractivity contribution < 1.29 is 33.6 Å². The van der Waals surface area contributed by atoms with E-state index in [0.717, 1.165) is 124 Å². The van der Waals surface area contributed by atoms with E-state index in [1.54, 1.807) is 14.2 Å². The second kappa shape index (κ2) is 25.5. The molecule has 3 atom stereocenters. The van der Waals surface area contributed by atoms with Gasteiger partial charge in [-0.2, -0.15) is 0 Å². The van der Waals surface area contributed by atoms with E-state index in [4.69, 9.17) is 38.7 Å². The summed E-state index contributed by atoms with van der Waals surface area (Å²) in [7, 11) is 3.26. The monoisotopic (exact) mass is 1140 g/mol. The van der Waals surface area contributed by atoms with Crippen molar-refractivity contribution in [2.45, 2.75) is 93.4 Å². The number of fused-ring (bicyclic) bond motifs is 6. The summed E-state index contributed by atoms with van der Waals surface area (Å²) in [5.74, 6) is 8.72. The summed E-state index contributed by atoms with van der Waals surface area (Å²) in [6.45, 7) is 17.2. The van der Waals surface area contributed by atoms with Crippen LogP contribution in [0, 0.1) is 30.6 Å². The first kappa shape index (κ1) is 57.9. The molecule has 1 unspecified atom stereocenters. The Hall–Kier alpha value is -8.94. The summed E-state index contributed by atoms with van der Waals surface area (Å²) in [6, 6.07) is 28.0. The largest absolute Gasteiger partial charge is 0.511 e. The third-order valence-corrected chi connectivity index (χ3v) is 16.5. The topological polar surface area (TPSA) is 182 Å². The van der Waals surface area contributed by atoms with Crippen molar-refractivity contribution in [2.75, 3.05) is 46.0 Å². The molecular formula is C70H72N8O7. The van der Waals surface area contributed by atoms with E-state index >= 15 is 0 Å². The first-order valence-corrected chi connectivity index (χ1v) is 29.2. The quantitative estimate of drug-likeness (QED) is 0.0430. The number of aromatic nitrogens is 2. The standard InChI is InChI=1S/C70H72N8O7/c1-10-51-41(3)55-35-61-66(45(7)85-38-49-15-11-13-46(29-49)21-22-47-14-12-16-50(30-47)74-70-53-32-63(83-27-25-81-8)64(84-28-26-82-9)36-59(53)72-39-73-70)43(5)57(76-61)33-56-42(4)52(23-24-65(80)71-37-48-19-17-40(2)18-20-48)68(77-56)54-31-62(79)67-44(6)58(78-69(54)67)34-60(51)75-55/h11-20,29-30,32-36,39,42,45,52,77,79H,10,23-28,31,37-38H2,1-9H3,(H,71,80)(H,72,73,74)/t42-,45?,52-/m0/s1. The molecule has 6 heterocycles. The van der Waals surface area contributed by atoms with Crippen molar-refractivity contribution in [1.29, 1.82) is 0 Å². The van der Waals surface area contributed by atoms with Crippen molar-refractivity contribution in [3.05, 3.63) is 211 Å². The highest BCUT2D eigenvalue weighted by atomic mass is 16.5. The van der Waals surface area contributed by atoms with E-state index in [1.807, 2.05) is 55.5 Å². The Balaban J connectivity index is 0.841. The van der Waals surface area contributed by atoms with Crippen LogP contribution in [-0.2, 0) is 32.2 Å². The predicted molar refractivity (Wildman–Crippen MR) is 335 cm³/mol. The van der Waals surface area contributed by atoms with Crippen LogP contribution in [-0.4, -0.2) is 84.9 Å². The number of amides is 1. The van der Waals surface area contributed by atoms with Gasteiger partial charge < -0.3 is 44.7 Å². The molecule has 85 heavy (non-hydrogen) atoms. The zero-order valence-electron chi connectivity index (χ0n) is 49.8. The zero-order chi connectivity index (χ0) is 59.3. The summed E-state index contributed by atoms with van der Waals surface area (Å²) in [4.78, 5) is 38.6. The number of carbonyl (C=O) groups is 1. The van der Waals surface area contributed by atoms with E-state index in [-0.39, 0.29) is 23.8 Å². The third-order valence-electron chi connectivity index (χ3n) is 16.5. The molecule has 8 bridgehead atoms. The molecule has 6 aliphatic rings. The van der Waals surface area contributed by atoms with E-state index in [0.29, 0.717) is 87.4 Å². The van der Waals surface area contributed by atoms with Crippen LogP contribution in [0.2, 0.25) is 0 Å². The van der Waals surface area contributed by atoms with Gasteiger partial charge in [-0.15, -0.1) is 0 Å². The van der Waals surface area contributed by atoms with Crippen LogP contribution in [0.25, 0.3) is 10.9 Å². The molecule has 0 spiro atoms. The number of aliphatic imine (C=N–C) groups is 3. The Bertz CT molecular complexity index is 3950. The van der Waals surface area contributed by atoms with Crippen molar-refractivity contribution in [2.24, 2.45) is 26.8 Å². The molecule has 1 saturated heterocycles. The summed E-state index contributed by atoms with van der Waals surface area (Å²) in [5, 5.41) is 22.9. The van der Waals surface area contributed by atoms with E-state index < -0.39 is 0 Å². The van der Waals surface area contributed by atoms with E-state index in [1.165, 1.54) is 11.9 Å². The Labute approximate surface area is 497 Å². The van der Waals surface area contributed by atoms with Gasteiger partial charge in [0.2, 0.25) is 5.91 Å². The minimum Gasteiger partial charge on any atom is -0.511 e. The highest BCUT2D eigenvalue weighted by Crippen LogP contribution is 2.47. The molecule has 1 aliphatic carbocycles. The number of carbonyl (C=O) groups excluding carboxylic acids is 1. The molecule has 11 rings (SSSR count). The molecule has 0 radical (unpaired) electrons. The molecule has 5 aromatic rings. The lowest BCUT2D eigenvalue weighted by Crippen LogP contribution is -2.24. The molecule has 4 aromatic carbocycles. The van der Waals surface area contributed by atoms with E-state index in [2.05, 4.69) is 134 Å². The fourth-order valence-electron chi connectivity index (χ4n) is 11.8. The van der Waals surface area contributed by atoms with Crippen molar-refractivity contribution in [3.8, 4) is 23.3 Å². The average Bonchev–Trinajstić information content (AvgIpc) is 2.91. The van der Waals surface area contributed by atoms with Gasteiger partial charge in [-0.3, -0.25) is 4.79 Å².